The molecule has 4 N–H and O–H groups in total. The lowest BCUT2D eigenvalue weighted by atomic mass is 10.1. The van der Waals surface area contributed by atoms with E-state index in [4.69, 9.17) is 17.3 Å². The van der Waals surface area contributed by atoms with Gasteiger partial charge in [-0.2, -0.15) is 0 Å². The fourth-order valence-corrected chi connectivity index (χ4v) is 1.55. The number of rotatable bonds is 1. The molecule has 0 aliphatic carbocycles. The first kappa shape index (κ1) is 10.5. The van der Waals surface area contributed by atoms with E-state index in [1.807, 2.05) is 0 Å². The highest BCUT2D eigenvalue weighted by molar-refractivity contribution is 6.31. The van der Waals surface area contributed by atoms with Crippen LogP contribution in [0.5, 0.6) is 0 Å². The Morgan fingerprint density at radius 3 is 2.56 bits per heavy atom. The molecule has 0 saturated heterocycles. The van der Waals surface area contributed by atoms with Gasteiger partial charge in [0, 0.05) is 22.3 Å². The molecular weight excluding hydrogens is 230 g/mol. The molecule has 0 atom stereocenters. The van der Waals surface area contributed by atoms with Gasteiger partial charge >= 0.3 is 5.69 Å². The van der Waals surface area contributed by atoms with Gasteiger partial charge in [-0.1, -0.05) is 11.6 Å². The van der Waals surface area contributed by atoms with E-state index in [0.29, 0.717) is 22.0 Å². The third kappa shape index (κ3) is 1.99. The highest BCUT2D eigenvalue weighted by atomic mass is 35.5. The van der Waals surface area contributed by atoms with Gasteiger partial charge in [0.1, 0.15) is 0 Å². The highest BCUT2D eigenvalue weighted by Crippen LogP contribution is 2.25. The second-order valence-electron chi connectivity index (χ2n) is 3.23. The number of H-pyrrole nitrogens is 2. The van der Waals surface area contributed by atoms with E-state index in [0.717, 1.165) is 0 Å². The van der Waals surface area contributed by atoms with Crippen LogP contribution in [0.2, 0.25) is 5.02 Å². The van der Waals surface area contributed by atoms with Crippen molar-refractivity contribution in [2.45, 2.75) is 0 Å². The van der Waals surface area contributed by atoms with Crippen molar-refractivity contribution in [3.05, 3.63) is 50.1 Å². The monoisotopic (exact) mass is 237 g/mol. The van der Waals surface area contributed by atoms with E-state index in [1.54, 1.807) is 18.2 Å². The Labute approximate surface area is 94.9 Å². The first-order valence-corrected chi connectivity index (χ1v) is 4.83. The predicted octanol–water partition coefficient (Wildman–Crippen LogP) is 0.966. The van der Waals surface area contributed by atoms with Crippen LogP contribution >= 0.6 is 11.6 Å². The summed E-state index contributed by atoms with van der Waals surface area (Å²) >= 11 is 5.81. The average Bonchev–Trinajstić information content (AvgIpc) is 2.20. The van der Waals surface area contributed by atoms with E-state index in [-0.39, 0.29) is 0 Å². The van der Waals surface area contributed by atoms with Crippen LogP contribution in [0.4, 0.5) is 5.69 Å². The van der Waals surface area contributed by atoms with E-state index < -0.39 is 11.2 Å². The molecule has 82 valence electrons. The molecule has 0 unspecified atom stereocenters. The Bertz CT molecular complexity index is 617. The highest BCUT2D eigenvalue weighted by Gasteiger charge is 2.05. The van der Waals surface area contributed by atoms with Gasteiger partial charge in [0.05, 0.1) is 5.69 Å². The quantitative estimate of drug-likeness (QED) is 0.645. The minimum atomic E-state index is -0.582. The van der Waals surface area contributed by atoms with E-state index in [9.17, 15) is 9.59 Å². The molecule has 0 saturated carbocycles. The Hall–Kier alpha value is -2.01. The minimum Gasteiger partial charge on any atom is -0.398 e. The lowest BCUT2D eigenvalue weighted by Crippen LogP contribution is -2.21. The molecule has 0 spiro atoms. The molecule has 0 amide bonds. The van der Waals surface area contributed by atoms with Crippen molar-refractivity contribution in [3.63, 3.8) is 0 Å². The van der Waals surface area contributed by atoms with Gasteiger partial charge in [0.2, 0.25) is 0 Å². The summed E-state index contributed by atoms with van der Waals surface area (Å²) in [5.74, 6) is 0. The summed E-state index contributed by atoms with van der Waals surface area (Å²) in [5, 5.41) is 0.477. The smallest absolute Gasteiger partial charge is 0.326 e. The minimum absolute atomic E-state index is 0.341. The Kier molecular flexibility index (Phi) is 2.54. The molecule has 1 aromatic carbocycles. The maximum absolute atomic E-state index is 11.1. The zero-order valence-corrected chi connectivity index (χ0v) is 8.84. The van der Waals surface area contributed by atoms with Crippen LogP contribution in [0.25, 0.3) is 11.3 Å². The van der Waals surface area contributed by atoms with Crippen molar-refractivity contribution < 1.29 is 0 Å². The van der Waals surface area contributed by atoms with E-state index >= 15 is 0 Å². The van der Waals surface area contributed by atoms with Crippen LogP contribution in [0.15, 0.2) is 33.9 Å². The molecule has 16 heavy (non-hydrogen) atoms. The molecule has 0 fully saturated rings. The van der Waals surface area contributed by atoms with Gasteiger partial charge in [0.15, 0.2) is 0 Å². The van der Waals surface area contributed by atoms with Gasteiger partial charge < -0.3 is 10.7 Å². The first-order chi connectivity index (χ1) is 7.56. The van der Waals surface area contributed by atoms with Crippen molar-refractivity contribution in [2.75, 3.05) is 5.73 Å². The molecule has 0 aliphatic rings. The average molecular weight is 238 g/mol. The zero-order chi connectivity index (χ0) is 11.7. The molecule has 1 heterocycles. The van der Waals surface area contributed by atoms with Crippen molar-refractivity contribution in [3.8, 4) is 11.3 Å². The van der Waals surface area contributed by atoms with Crippen LogP contribution in [0.1, 0.15) is 0 Å². The van der Waals surface area contributed by atoms with Gasteiger partial charge in [0.25, 0.3) is 5.56 Å². The Morgan fingerprint density at radius 1 is 1.12 bits per heavy atom. The number of halogens is 1. The lowest BCUT2D eigenvalue weighted by Gasteiger charge is -2.05. The maximum Gasteiger partial charge on any atom is 0.326 e. The summed E-state index contributed by atoms with van der Waals surface area (Å²) in [5.41, 5.74) is 5.96. The van der Waals surface area contributed by atoms with Crippen LogP contribution in [0.3, 0.4) is 0 Å². The SMILES string of the molecule is Nc1ccc(Cl)cc1-c1cc(=O)[nH]c(=O)[nH]1. The van der Waals surface area contributed by atoms with E-state index in [2.05, 4.69) is 9.97 Å². The third-order valence-electron chi connectivity index (χ3n) is 2.07. The van der Waals surface area contributed by atoms with Gasteiger partial charge in [-0.25, -0.2) is 4.79 Å². The number of benzene rings is 1. The maximum atomic E-state index is 11.1. The number of hydrogen-bond donors (Lipinski definition) is 3. The van der Waals surface area contributed by atoms with Crippen molar-refractivity contribution in [1.82, 2.24) is 9.97 Å². The topological polar surface area (TPSA) is 91.7 Å². The standard InChI is InChI=1S/C10H8ClN3O2/c11-5-1-2-7(12)6(3-5)8-4-9(15)14-10(16)13-8/h1-4H,12H2,(H2,13,14,15,16). The molecule has 6 heteroatoms. The second-order valence-corrected chi connectivity index (χ2v) is 3.67. The van der Waals surface area contributed by atoms with Crippen LogP contribution in [-0.4, -0.2) is 9.97 Å². The molecule has 0 radical (unpaired) electrons. The number of nitrogen functional groups attached to an aromatic ring is 1. The fraction of sp³-hybridized carbons (Fsp3) is 0. The first-order valence-electron chi connectivity index (χ1n) is 4.45. The number of anilines is 1. The van der Waals surface area contributed by atoms with Crippen LogP contribution in [-0.2, 0) is 0 Å². The normalized spacial score (nSPS) is 10.3. The number of aromatic nitrogens is 2. The molecule has 1 aromatic heterocycles. The van der Waals surface area contributed by atoms with Gasteiger partial charge in [-0.05, 0) is 18.2 Å². The molecule has 2 rings (SSSR count). The second kappa shape index (κ2) is 3.86. The molecule has 0 bridgehead atoms. The Morgan fingerprint density at radius 2 is 1.88 bits per heavy atom. The lowest BCUT2D eigenvalue weighted by molar-refractivity contribution is 1.04. The van der Waals surface area contributed by atoms with Crippen LogP contribution < -0.4 is 17.0 Å². The number of hydrogen-bond acceptors (Lipinski definition) is 3. The number of nitrogens with one attached hydrogen (secondary N) is 2. The predicted molar refractivity (Wildman–Crippen MR) is 62.5 cm³/mol. The summed E-state index contributed by atoms with van der Waals surface area (Å²) in [4.78, 5) is 26.8. The summed E-state index contributed by atoms with van der Waals surface area (Å²) in [6.45, 7) is 0. The summed E-state index contributed by atoms with van der Waals surface area (Å²) in [7, 11) is 0. The zero-order valence-electron chi connectivity index (χ0n) is 8.08. The van der Waals surface area contributed by atoms with Crippen molar-refractivity contribution >= 4 is 17.3 Å². The molecule has 2 aromatic rings. The number of nitrogens with two attached hydrogens (primary N) is 1. The summed E-state index contributed by atoms with van der Waals surface area (Å²) in [6, 6.07) is 6.08. The van der Waals surface area contributed by atoms with Gasteiger partial charge in [-0.3, -0.25) is 9.78 Å². The van der Waals surface area contributed by atoms with E-state index in [1.165, 1.54) is 6.07 Å². The Balaban J connectivity index is 2.71. The van der Waals surface area contributed by atoms with Gasteiger partial charge in [-0.15, -0.1) is 0 Å². The van der Waals surface area contributed by atoms with Crippen LogP contribution in [0, 0.1) is 0 Å². The largest absolute Gasteiger partial charge is 0.398 e. The summed E-state index contributed by atoms with van der Waals surface area (Å²) < 4.78 is 0. The van der Waals surface area contributed by atoms with Crippen molar-refractivity contribution in [1.29, 1.82) is 0 Å². The third-order valence-corrected chi connectivity index (χ3v) is 2.30. The summed E-state index contributed by atoms with van der Waals surface area (Å²) in [6.07, 6.45) is 0. The molecule has 5 nitrogen and oxygen atoms in total. The fourth-order valence-electron chi connectivity index (χ4n) is 1.38. The molecule has 0 aliphatic heterocycles. The van der Waals surface area contributed by atoms with Crippen molar-refractivity contribution in [2.24, 2.45) is 0 Å². The number of aromatic amines is 2. The molecular formula is C10H8ClN3O2.